The van der Waals surface area contributed by atoms with Gasteiger partial charge >= 0.3 is 0 Å². The number of rotatable bonds is 2. The Balaban J connectivity index is 0.00000108. The molecule has 0 spiro atoms. The number of nitrogens with zero attached hydrogens (tertiary/aromatic N) is 2. The van der Waals surface area contributed by atoms with E-state index in [0.717, 1.165) is 35.8 Å². The molecule has 0 aliphatic carbocycles. The summed E-state index contributed by atoms with van der Waals surface area (Å²) in [5.74, 6) is 1.65. The smallest absolute Gasteiger partial charge is 0.231 e. The van der Waals surface area contributed by atoms with Gasteiger partial charge in [-0.1, -0.05) is 0 Å². The lowest BCUT2D eigenvalue weighted by Crippen LogP contribution is -2.26. The Hall–Kier alpha value is -1.62. The highest BCUT2D eigenvalue weighted by Crippen LogP contribution is 2.39. The zero-order valence-corrected chi connectivity index (χ0v) is 10.3. The first-order chi connectivity index (χ1) is 7.84. The monoisotopic (exact) mass is 255 g/mol. The van der Waals surface area contributed by atoms with Gasteiger partial charge in [0.1, 0.15) is 6.34 Å². The lowest BCUT2D eigenvalue weighted by atomic mass is 10.1. The summed E-state index contributed by atoms with van der Waals surface area (Å²) >= 11 is 0. The minimum atomic E-state index is 0. The van der Waals surface area contributed by atoms with Crippen LogP contribution in [0, 0.1) is 6.92 Å². The number of ether oxygens (including phenoxy) is 2. The molecule has 6 heteroatoms. The molecule has 2 heterocycles. The number of nitrogens with one attached hydrogen (secondary N) is 1. The van der Waals surface area contributed by atoms with Crippen LogP contribution >= 0.6 is 12.4 Å². The molecule has 2 aliphatic heterocycles. The van der Waals surface area contributed by atoms with E-state index >= 15 is 0 Å². The first-order valence-corrected chi connectivity index (χ1v) is 5.27. The van der Waals surface area contributed by atoms with Gasteiger partial charge in [0.05, 0.1) is 18.8 Å². The molecule has 17 heavy (non-hydrogen) atoms. The molecule has 0 amide bonds. The topological polar surface area (TPSA) is 46.1 Å². The fourth-order valence-electron chi connectivity index (χ4n) is 1.85. The van der Waals surface area contributed by atoms with Gasteiger partial charge in [-0.15, -0.1) is 12.4 Å². The lowest BCUT2D eigenvalue weighted by Gasteiger charge is -2.18. The van der Waals surface area contributed by atoms with Crippen LogP contribution in [0.5, 0.6) is 11.5 Å². The number of benzene rings is 1. The predicted molar refractivity (Wildman–Crippen MR) is 68.2 cm³/mol. The van der Waals surface area contributed by atoms with Crippen LogP contribution in [0.2, 0.25) is 0 Å². The number of aliphatic imine (C=N–C) groups is 1. The maximum atomic E-state index is 5.42. The van der Waals surface area contributed by atoms with Crippen LogP contribution in [0.15, 0.2) is 17.1 Å². The van der Waals surface area contributed by atoms with Gasteiger partial charge in [-0.2, -0.15) is 0 Å². The maximum Gasteiger partial charge on any atom is 0.231 e. The zero-order valence-electron chi connectivity index (χ0n) is 9.47. The third kappa shape index (κ3) is 2.10. The average molecular weight is 256 g/mol. The van der Waals surface area contributed by atoms with Crippen LogP contribution < -0.4 is 14.9 Å². The highest BCUT2D eigenvalue weighted by Gasteiger charge is 2.18. The molecule has 1 aromatic rings. The molecule has 0 atom stereocenters. The Morgan fingerprint density at radius 1 is 1.35 bits per heavy atom. The molecule has 92 valence electrons. The quantitative estimate of drug-likeness (QED) is 0.876. The van der Waals surface area contributed by atoms with Gasteiger partial charge in [0, 0.05) is 5.56 Å². The van der Waals surface area contributed by atoms with Crippen molar-refractivity contribution in [3.63, 3.8) is 0 Å². The highest BCUT2D eigenvalue weighted by atomic mass is 35.5. The summed E-state index contributed by atoms with van der Waals surface area (Å²) in [7, 11) is 0. The summed E-state index contributed by atoms with van der Waals surface area (Å²) in [6.45, 7) is 4.07. The van der Waals surface area contributed by atoms with Crippen molar-refractivity contribution in [1.82, 2.24) is 5.01 Å². The predicted octanol–water partition coefficient (Wildman–Crippen LogP) is 1.82. The van der Waals surface area contributed by atoms with Gasteiger partial charge < -0.3 is 9.47 Å². The van der Waals surface area contributed by atoms with Crippen LogP contribution in [0.1, 0.15) is 5.56 Å². The summed E-state index contributed by atoms with van der Waals surface area (Å²) in [4.78, 5) is 4.15. The van der Waals surface area contributed by atoms with Crippen LogP contribution in [-0.4, -0.2) is 31.2 Å². The van der Waals surface area contributed by atoms with Crippen LogP contribution in [-0.2, 0) is 0 Å². The van der Waals surface area contributed by atoms with E-state index in [1.165, 1.54) is 0 Å². The van der Waals surface area contributed by atoms with Crippen LogP contribution in [0.4, 0.5) is 5.69 Å². The largest absolute Gasteiger partial charge is 0.454 e. The first-order valence-electron chi connectivity index (χ1n) is 5.27. The molecular formula is C11H14ClN3O2. The third-order valence-corrected chi connectivity index (χ3v) is 2.74. The minimum Gasteiger partial charge on any atom is -0.454 e. The van der Waals surface area contributed by atoms with Gasteiger partial charge in [-0.25, -0.2) is 0 Å². The number of fused-ring (bicyclic) bond motifs is 1. The minimum absolute atomic E-state index is 0. The van der Waals surface area contributed by atoms with Gasteiger partial charge in [-0.3, -0.25) is 15.4 Å². The van der Waals surface area contributed by atoms with Crippen molar-refractivity contribution in [2.24, 2.45) is 4.99 Å². The Labute approximate surface area is 106 Å². The molecule has 0 saturated heterocycles. The van der Waals surface area contributed by atoms with E-state index in [1.807, 2.05) is 30.4 Å². The summed E-state index contributed by atoms with van der Waals surface area (Å²) in [5, 5.41) is 1.96. The Morgan fingerprint density at radius 2 is 2.24 bits per heavy atom. The molecule has 0 bridgehead atoms. The van der Waals surface area contributed by atoms with E-state index in [1.54, 1.807) is 0 Å². The number of hydrogen-bond acceptors (Lipinski definition) is 5. The van der Waals surface area contributed by atoms with E-state index in [2.05, 4.69) is 10.4 Å². The molecule has 0 radical (unpaired) electrons. The van der Waals surface area contributed by atoms with Crippen molar-refractivity contribution in [3.05, 3.63) is 17.7 Å². The van der Waals surface area contributed by atoms with Crippen molar-refractivity contribution in [2.45, 2.75) is 6.92 Å². The first kappa shape index (κ1) is 11.9. The highest BCUT2D eigenvalue weighted by molar-refractivity contribution is 5.85. The molecule has 3 rings (SSSR count). The number of halogens is 1. The van der Waals surface area contributed by atoms with E-state index in [9.17, 15) is 0 Å². The van der Waals surface area contributed by atoms with Gasteiger partial charge in [0.2, 0.25) is 6.79 Å². The molecule has 2 aliphatic rings. The normalized spacial score (nSPS) is 15.9. The molecular weight excluding hydrogens is 242 g/mol. The molecule has 0 unspecified atom stereocenters. The second-order valence-electron chi connectivity index (χ2n) is 3.80. The average Bonchev–Trinajstić information content (AvgIpc) is 2.93. The lowest BCUT2D eigenvalue weighted by molar-refractivity contribution is 0.173. The second-order valence-corrected chi connectivity index (χ2v) is 3.80. The van der Waals surface area contributed by atoms with Crippen molar-refractivity contribution < 1.29 is 9.47 Å². The van der Waals surface area contributed by atoms with Crippen LogP contribution in [0.25, 0.3) is 0 Å². The molecule has 0 aromatic heterocycles. The number of hydrazine groups is 1. The number of anilines is 1. The van der Waals surface area contributed by atoms with Crippen molar-refractivity contribution >= 4 is 24.4 Å². The van der Waals surface area contributed by atoms with Gasteiger partial charge in [0.25, 0.3) is 0 Å². The second kappa shape index (κ2) is 4.71. The summed E-state index contributed by atoms with van der Waals surface area (Å²) in [6, 6.07) is 3.92. The molecule has 0 saturated carbocycles. The summed E-state index contributed by atoms with van der Waals surface area (Å²) in [5.41, 5.74) is 5.38. The van der Waals surface area contributed by atoms with E-state index in [0.29, 0.717) is 6.79 Å². The summed E-state index contributed by atoms with van der Waals surface area (Å²) in [6.07, 6.45) is 1.81. The fourth-order valence-corrected chi connectivity index (χ4v) is 1.85. The summed E-state index contributed by atoms with van der Waals surface area (Å²) < 4.78 is 10.7. The van der Waals surface area contributed by atoms with Crippen LogP contribution in [0.3, 0.4) is 0 Å². The van der Waals surface area contributed by atoms with Crippen molar-refractivity contribution in [1.29, 1.82) is 0 Å². The SMILES string of the molecule is Cc1c(NN2C=NCC2)ccc2c1OCO2.Cl. The third-order valence-electron chi connectivity index (χ3n) is 2.74. The Bertz CT molecular complexity index is 451. The Morgan fingerprint density at radius 3 is 3.00 bits per heavy atom. The van der Waals surface area contributed by atoms with E-state index in [-0.39, 0.29) is 12.4 Å². The number of hydrogen-bond donors (Lipinski definition) is 1. The molecule has 5 nitrogen and oxygen atoms in total. The Kier molecular flexibility index (Phi) is 3.28. The van der Waals surface area contributed by atoms with Crippen molar-refractivity contribution in [2.75, 3.05) is 25.3 Å². The van der Waals surface area contributed by atoms with E-state index < -0.39 is 0 Å². The van der Waals surface area contributed by atoms with Crippen molar-refractivity contribution in [3.8, 4) is 11.5 Å². The fraction of sp³-hybridized carbons (Fsp3) is 0.364. The van der Waals surface area contributed by atoms with E-state index in [4.69, 9.17) is 9.47 Å². The standard InChI is InChI=1S/C11H13N3O2.ClH/c1-8-9(13-14-5-4-12-6-14)2-3-10-11(8)16-7-15-10;/h2-3,6,13H,4-5,7H2,1H3;1H. The van der Waals surface area contributed by atoms with Gasteiger partial charge in [0.15, 0.2) is 11.5 Å². The zero-order chi connectivity index (χ0) is 11.0. The molecule has 0 fully saturated rings. The maximum absolute atomic E-state index is 5.42. The molecule has 1 aromatic carbocycles. The molecule has 1 N–H and O–H groups in total. The van der Waals surface area contributed by atoms with Gasteiger partial charge in [-0.05, 0) is 19.1 Å².